The van der Waals surface area contributed by atoms with E-state index < -0.39 is 0 Å². The molecule has 0 heterocycles. The van der Waals surface area contributed by atoms with Gasteiger partial charge in [0.1, 0.15) is 0 Å². The van der Waals surface area contributed by atoms with Crippen LogP contribution in [0, 0.1) is 27.7 Å². The fraction of sp³-hybridized carbons (Fsp3) is 0.167. The first-order chi connectivity index (χ1) is 11.6. The van der Waals surface area contributed by atoms with Gasteiger partial charge in [-0.15, -0.1) is 0 Å². The molecule has 118 valence electrons. The Balaban J connectivity index is 2.13. The maximum Gasteiger partial charge on any atom is -0.0107 e. The highest BCUT2D eigenvalue weighted by Crippen LogP contribution is 2.48. The maximum atomic E-state index is 2.27. The number of fused-ring (bicyclic) bond motifs is 2. The van der Waals surface area contributed by atoms with Gasteiger partial charge in [0, 0.05) is 0 Å². The minimum absolute atomic E-state index is 1.36. The standard InChI is InChI=1S/C24H22/c1-15-19-11-7-5-8-12-20(19)16(2)23(15)24-17(3)21-13-9-6-10-14-22(21)18(24)4/h5-14H,1-4H3. The molecule has 0 bridgehead atoms. The molecule has 0 amide bonds. The van der Waals surface area contributed by atoms with Crippen LogP contribution < -0.4 is 0 Å². The molecule has 0 N–H and O–H groups in total. The highest BCUT2D eigenvalue weighted by atomic mass is 14.3. The van der Waals surface area contributed by atoms with E-state index >= 15 is 0 Å². The molecule has 24 heavy (non-hydrogen) atoms. The molecule has 0 radical (unpaired) electrons. The zero-order valence-electron chi connectivity index (χ0n) is 14.8. The predicted octanol–water partition coefficient (Wildman–Crippen LogP) is 6.80. The van der Waals surface area contributed by atoms with Crippen molar-refractivity contribution < 1.29 is 0 Å². The van der Waals surface area contributed by atoms with Crippen LogP contribution >= 0.6 is 0 Å². The van der Waals surface area contributed by atoms with Crippen molar-refractivity contribution in [1.29, 1.82) is 0 Å². The Bertz CT molecular complexity index is 835. The molecule has 0 aromatic rings. The molecule has 0 spiro atoms. The van der Waals surface area contributed by atoms with Crippen molar-refractivity contribution in [2.45, 2.75) is 27.7 Å². The van der Waals surface area contributed by atoms with Gasteiger partial charge in [0.2, 0.25) is 0 Å². The molecule has 0 saturated heterocycles. The monoisotopic (exact) mass is 310 g/mol. The molecule has 4 rings (SSSR count). The second kappa shape index (κ2) is 5.49. The lowest BCUT2D eigenvalue weighted by molar-refractivity contribution is 1.43. The fourth-order valence-electron chi connectivity index (χ4n) is 4.25. The molecule has 0 aliphatic heterocycles. The van der Waals surface area contributed by atoms with Gasteiger partial charge in [-0.25, -0.2) is 0 Å². The van der Waals surface area contributed by atoms with Crippen molar-refractivity contribution in [3.05, 3.63) is 82.9 Å². The zero-order valence-corrected chi connectivity index (χ0v) is 14.8. The average Bonchev–Trinajstić information content (AvgIpc) is 2.88. The zero-order chi connectivity index (χ0) is 16.8. The van der Waals surface area contributed by atoms with E-state index in [9.17, 15) is 0 Å². The van der Waals surface area contributed by atoms with E-state index in [1.807, 2.05) is 0 Å². The molecule has 0 atom stereocenters. The van der Waals surface area contributed by atoms with Crippen LogP contribution in [0.1, 0.15) is 22.3 Å². The quantitative estimate of drug-likeness (QED) is 0.363. The molecule has 0 aromatic heterocycles. The van der Waals surface area contributed by atoms with Gasteiger partial charge < -0.3 is 0 Å². The lowest BCUT2D eigenvalue weighted by atomic mass is 9.98. The van der Waals surface area contributed by atoms with E-state index in [0.717, 1.165) is 0 Å². The van der Waals surface area contributed by atoms with Crippen molar-refractivity contribution in [1.82, 2.24) is 0 Å². The molecule has 0 fully saturated rings. The Kier molecular flexibility index (Phi) is 3.42. The van der Waals surface area contributed by atoms with Gasteiger partial charge in [-0.2, -0.15) is 0 Å². The summed E-state index contributed by atoms with van der Waals surface area (Å²) in [6, 6.07) is 21.7. The Morgan fingerprint density at radius 2 is 0.625 bits per heavy atom. The van der Waals surface area contributed by atoms with Crippen LogP contribution in [0.25, 0.3) is 33.4 Å². The molecular weight excluding hydrogens is 288 g/mol. The summed E-state index contributed by atoms with van der Waals surface area (Å²) in [5.74, 6) is 0. The van der Waals surface area contributed by atoms with Crippen molar-refractivity contribution in [3.63, 3.8) is 0 Å². The summed E-state index contributed by atoms with van der Waals surface area (Å²) >= 11 is 0. The summed E-state index contributed by atoms with van der Waals surface area (Å²) in [7, 11) is 0. The summed E-state index contributed by atoms with van der Waals surface area (Å²) in [6.45, 7) is 9.06. The molecular formula is C24H22. The molecule has 0 unspecified atom stereocenters. The molecule has 0 heteroatoms. The minimum Gasteiger partial charge on any atom is -0.0622 e. The van der Waals surface area contributed by atoms with Gasteiger partial charge in [-0.05, 0) is 83.3 Å². The van der Waals surface area contributed by atoms with E-state index in [0.29, 0.717) is 0 Å². The van der Waals surface area contributed by atoms with Gasteiger partial charge in [0.15, 0.2) is 0 Å². The second-order valence-corrected chi connectivity index (χ2v) is 6.73. The van der Waals surface area contributed by atoms with E-state index in [-0.39, 0.29) is 0 Å². The molecule has 0 nitrogen and oxygen atoms in total. The van der Waals surface area contributed by atoms with Crippen LogP contribution in [0.3, 0.4) is 0 Å². The van der Waals surface area contributed by atoms with Crippen molar-refractivity contribution in [3.8, 4) is 33.4 Å². The predicted molar refractivity (Wildman–Crippen MR) is 104 cm³/mol. The third-order valence-electron chi connectivity index (χ3n) is 5.44. The van der Waals surface area contributed by atoms with E-state index in [2.05, 4.69) is 88.4 Å². The summed E-state index contributed by atoms with van der Waals surface area (Å²) in [5.41, 5.74) is 13.9. The first-order valence-corrected chi connectivity index (χ1v) is 8.57. The molecule has 4 aliphatic rings. The third-order valence-corrected chi connectivity index (χ3v) is 5.44. The highest BCUT2D eigenvalue weighted by molar-refractivity contribution is 5.96. The van der Waals surface area contributed by atoms with Crippen molar-refractivity contribution >= 4 is 0 Å². The summed E-state index contributed by atoms with van der Waals surface area (Å²) in [5, 5.41) is 0. The molecule has 0 aromatic carbocycles. The van der Waals surface area contributed by atoms with Crippen LogP contribution in [0.15, 0.2) is 60.7 Å². The Labute approximate surface area is 144 Å². The van der Waals surface area contributed by atoms with E-state index in [4.69, 9.17) is 0 Å². The van der Waals surface area contributed by atoms with Gasteiger partial charge >= 0.3 is 0 Å². The van der Waals surface area contributed by atoms with Gasteiger partial charge in [0.25, 0.3) is 0 Å². The second-order valence-electron chi connectivity index (χ2n) is 6.73. The lowest BCUT2D eigenvalue weighted by Crippen LogP contribution is -1.84. The average molecular weight is 310 g/mol. The van der Waals surface area contributed by atoms with Gasteiger partial charge in [0.05, 0.1) is 0 Å². The third kappa shape index (κ3) is 1.99. The topological polar surface area (TPSA) is 0 Å². The number of hydrogen-bond acceptors (Lipinski definition) is 0. The minimum atomic E-state index is 1.36. The number of rotatable bonds is 1. The van der Waals surface area contributed by atoms with Gasteiger partial charge in [-0.3, -0.25) is 0 Å². The smallest absolute Gasteiger partial charge is 0.0107 e. The largest absolute Gasteiger partial charge is 0.0622 e. The fourth-order valence-corrected chi connectivity index (χ4v) is 4.25. The normalized spacial score (nSPS) is 11.3. The first kappa shape index (κ1) is 15.0. The Hall–Kier alpha value is -2.60. The van der Waals surface area contributed by atoms with Crippen LogP contribution in [-0.2, 0) is 0 Å². The van der Waals surface area contributed by atoms with Crippen LogP contribution in [0.4, 0.5) is 0 Å². The summed E-state index contributed by atoms with van der Waals surface area (Å²) in [4.78, 5) is 0. The van der Waals surface area contributed by atoms with Crippen LogP contribution in [0.5, 0.6) is 0 Å². The highest BCUT2D eigenvalue weighted by Gasteiger charge is 2.24. The Morgan fingerprint density at radius 1 is 0.375 bits per heavy atom. The van der Waals surface area contributed by atoms with Gasteiger partial charge in [-0.1, -0.05) is 60.7 Å². The van der Waals surface area contributed by atoms with E-state index in [1.165, 1.54) is 55.6 Å². The first-order valence-electron chi connectivity index (χ1n) is 8.57. The van der Waals surface area contributed by atoms with Crippen molar-refractivity contribution in [2.24, 2.45) is 0 Å². The van der Waals surface area contributed by atoms with Crippen LogP contribution in [-0.4, -0.2) is 0 Å². The summed E-state index contributed by atoms with van der Waals surface area (Å²) in [6.07, 6.45) is 0. The van der Waals surface area contributed by atoms with Crippen LogP contribution in [0.2, 0.25) is 0 Å². The SMILES string of the molecule is Cc1c2cccccc-2c(C)c1-c1c(C)c2cccccc-2c1C. The molecule has 0 saturated carbocycles. The van der Waals surface area contributed by atoms with Crippen molar-refractivity contribution in [2.75, 3.05) is 0 Å². The maximum absolute atomic E-state index is 2.27. The Morgan fingerprint density at radius 3 is 0.875 bits per heavy atom. The lowest BCUT2D eigenvalue weighted by Gasteiger charge is -2.06. The molecule has 4 aliphatic carbocycles. The summed E-state index contributed by atoms with van der Waals surface area (Å²) < 4.78 is 0. The van der Waals surface area contributed by atoms with E-state index in [1.54, 1.807) is 0 Å². The number of hydrogen-bond donors (Lipinski definition) is 0.